The lowest BCUT2D eigenvalue weighted by Crippen LogP contribution is -2.37. The van der Waals surface area contributed by atoms with E-state index in [1.54, 1.807) is 0 Å². The summed E-state index contributed by atoms with van der Waals surface area (Å²) in [6, 6.07) is 0. The molecule has 1 saturated carbocycles. The van der Waals surface area contributed by atoms with Gasteiger partial charge in [-0.1, -0.05) is 42.6 Å². The first-order chi connectivity index (χ1) is 8.17. The van der Waals surface area contributed by atoms with Crippen molar-refractivity contribution in [1.29, 1.82) is 0 Å². The third-order valence-corrected chi connectivity index (χ3v) is 6.71. The molecule has 1 aliphatic heterocycles. The van der Waals surface area contributed by atoms with Gasteiger partial charge in [-0.05, 0) is 49.5 Å². The first-order valence-electron chi connectivity index (χ1n) is 7.46. The molecule has 0 aromatic carbocycles. The quantitative estimate of drug-likeness (QED) is 0.678. The van der Waals surface area contributed by atoms with E-state index in [1.165, 1.54) is 69.9 Å². The van der Waals surface area contributed by atoms with Crippen LogP contribution in [0.4, 0.5) is 0 Å². The third kappa shape index (κ3) is 2.89. The van der Waals surface area contributed by atoms with Gasteiger partial charge in [0.2, 0.25) is 0 Å². The second-order valence-corrected chi connectivity index (χ2v) is 7.07. The lowest BCUT2D eigenvalue weighted by molar-refractivity contribution is 0.174. The lowest BCUT2D eigenvalue weighted by atomic mass is 9.81. The third-order valence-electron chi connectivity index (χ3n) is 5.52. The van der Waals surface area contributed by atoms with Gasteiger partial charge in [0.15, 0.2) is 0 Å². The summed E-state index contributed by atoms with van der Waals surface area (Å²) < 4.78 is 0. The lowest BCUT2D eigenvalue weighted by Gasteiger charge is -2.33. The van der Waals surface area contributed by atoms with Crippen LogP contribution in [-0.4, -0.2) is 29.9 Å². The summed E-state index contributed by atoms with van der Waals surface area (Å²) in [5, 5.41) is 1.21. The normalized spacial score (nSPS) is 27.7. The van der Waals surface area contributed by atoms with Gasteiger partial charge in [0.1, 0.15) is 0 Å². The Hall–Kier alpha value is 0.440. The number of rotatable bonds is 5. The van der Waals surface area contributed by atoms with Gasteiger partial charge in [-0.2, -0.15) is 0 Å². The van der Waals surface area contributed by atoms with Crippen LogP contribution in [0.1, 0.15) is 58.8 Å². The van der Waals surface area contributed by atoms with Crippen molar-refractivity contribution in [3.8, 4) is 0 Å². The second kappa shape index (κ2) is 5.61. The predicted molar refractivity (Wildman–Crippen MR) is 78.8 cm³/mol. The van der Waals surface area contributed by atoms with Gasteiger partial charge in [-0.25, -0.2) is 0 Å². The Labute approximate surface area is 115 Å². The van der Waals surface area contributed by atoms with E-state index in [2.05, 4.69) is 34.7 Å². The molecule has 2 aliphatic rings. The number of alkyl halides is 1. The molecular weight excluding hydrogens is 274 g/mol. The predicted octanol–water partition coefficient (Wildman–Crippen LogP) is 4.45. The summed E-state index contributed by atoms with van der Waals surface area (Å²) in [7, 11) is 0. The Morgan fingerprint density at radius 2 is 1.65 bits per heavy atom. The fourth-order valence-corrected chi connectivity index (χ4v) is 4.66. The SMILES string of the molecule is CCC1(CC)CCN(CC2(CBr)CCCC2)C1. The summed E-state index contributed by atoms with van der Waals surface area (Å²) >= 11 is 3.78. The van der Waals surface area contributed by atoms with Crippen molar-refractivity contribution in [2.45, 2.75) is 58.8 Å². The van der Waals surface area contributed by atoms with E-state index in [0.29, 0.717) is 10.8 Å². The Morgan fingerprint density at radius 1 is 1.00 bits per heavy atom. The van der Waals surface area contributed by atoms with Gasteiger partial charge in [0.05, 0.1) is 0 Å². The average Bonchev–Trinajstić information content (AvgIpc) is 2.98. The number of likely N-dealkylation sites (tertiary alicyclic amines) is 1. The van der Waals surface area contributed by atoms with E-state index in [1.807, 2.05) is 0 Å². The van der Waals surface area contributed by atoms with Crippen molar-refractivity contribution in [1.82, 2.24) is 4.90 Å². The summed E-state index contributed by atoms with van der Waals surface area (Å²) in [6.45, 7) is 8.80. The minimum Gasteiger partial charge on any atom is -0.302 e. The molecule has 0 N–H and O–H groups in total. The minimum atomic E-state index is 0.609. The van der Waals surface area contributed by atoms with E-state index >= 15 is 0 Å². The molecule has 0 amide bonds. The Balaban J connectivity index is 1.92. The highest BCUT2D eigenvalue weighted by atomic mass is 79.9. The van der Waals surface area contributed by atoms with E-state index in [-0.39, 0.29) is 0 Å². The smallest absolute Gasteiger partial charge is 0.0100 e. The van der Waals surface area contributed by atoms with Gasteiger partial charge in [-0.3, -0.25) is 0 Å². The van der Waals surface area contributed by atoms with Crippen LogP contribution in [0, 0.1) is 10.8 Å². The van der Waals surface area contributed by atoms with Crippen molar-refractivity contribution in [2.75, 3.05) is 25.0 Å². The molecule has 0 atom stereocenters. The molecular formula is C15H28BrN. The monoisotopic (exact) mass is 301 g/mol. The Morgan fingerprint density at radius 3 is 2.12 bits per heavy atom. The van der Waals surface area contributed by atoms with Crippen molar-refractivity contribution >= 4 is 15.9 Å². The zero-order valence-corrected chi connectivity index (χ0v) is 13.2. The summed E-state index contributed by atoms with van der Waals surface area (Å²) in [6.07, 6.45) is 9.94. The molecule has 1 nitrogen and oxygen atoms in total. The van der Waals surface area contributed by atoms with Gasteiger partial charge in [-0.15, -0.1) is 0 Å². The molecule has 0 spiro atoms. The molecule has 2 fully saturated rings. The number of halogens is 1. The number of hydrogen-bond donors (Lipinski definition) is 0. The van der Waals surface area contributed by atoms with Crippen LogP contribution in [-0.2, 0) is 0 Å². The van der Waals surface area contributed by atoms with Crippen LogP contribution in [0.15, 0.2) is 0 Å². The molecule has 2 heteroatoms. The standard InChI is InChI=1S/C15H28BrN/c1-3-14(4-2)9-10-17(12-14)13-15(11-16)7-5-6-8-15/h3-13H2,1-2H3. The summed E-state index contributed by atoms with van der Waals surface area (Å²) in [5.74, 6) is 0. The highest BCUT2D eigenvalue weighted by molar-refractivity contribution is 9.09. The topological polar surface area (TPSA) is 3.24 Å². The fraction of sp³-hybridized carbons (Fsp3) is 1.00. The molecule has 0 radical (unpaired) electrons. The van der Waals surface area contributed by atoms with Crippen LogP contribution in [0.3, 0.4) is 0 Å². The average molecular weight is 302 g/mol. The Bertz CT molecular complexity index is 241. The molecule has 0 aromatic heterocycles. The second-order valence-electron chi connectivity index (χ2n) is 6.51. The van der Waals surface area contributed by atoms with E-state index in [0.717, 1.165) is 0 Å². The maximum absolute atomic E-state index is 3.78. The maximum Gasteiger partial charge on any atom is 0.0100 e. The van der Waals surface area contributed by atoms with Gasteiger partial charge >= 0.3 is 0 Å². The van der Waals surface area contributed by atoms with Gasteiger partial charge in [0, 0.05) is 18.4 Å². The van der Waals surface area contributed by atoms with Crippen molar-refractivity contribution in [2.24, 2.45) is 10.8 Å². The zero-order chi connectivity index (χ0) is 12.4. The molecule has 0 unspecified atom stereocenters. The molecule has 1 heterocycles. The van der Waals surface area contributed by atoms with E-state index in [9.17, 15) is 0 Å². The van der Waals surface area contributed by atoms with E-state index < -0.39 is 0 Å². The Kier molecular flexibility index (Phi) is 4.57. The molecule has 1 saturated heterocycles. The van der Waals surface area contributed by atoms with Crippen LogP contribution in [0.25, 0.3) is 0 Å². The minimum absolute atomic E-state index is 0.609. The number of hydrogen-bond acceptors (Lipinski definition) is 1. The maximum atomic E-state index is 3.78. The van der Waals surface area contributed by atoms with Crippen LogP contribution in [0.2, 0.25) is 0 Å². The zero-order valence-electron chi connectivity index (χ0n) is 11.6. The van der Waals surface area contributed by atoms with Crippen molar-refractivity contribution in [3.63, 3.8) is 0 Å². The fourth-order valence-electron chi connectivity index (χ4n) is 3.92. The highest BCUT2D eigenvalue weighted by Gasteiger charge is 2.40. The van der Waals surface area contributed by atoms with E-state index in [4.69, 9.17) is 0 Å². The summed E-state index contributed by atoms with van der Waals surface area (Å²) in [5.41, 5.74) is 1.25. The number of nitrogens with zero attached hydrogens (tertiary/aromatic N) is 1. The largest absolute Gasteiger partial charge is 0.302 e. The van der Waals surface area contributed by atoms with Crippen LogP contribution < -0.4 is 0 Å². The highest BCUT2D eigenvalue weighted by Crippen LogP contribution is 2.43. The molecule has 2 rings (SSSR count). The first-order valence-corrected chi connectivity index (χ1v) is 8.58. The van der Waals surface area contributed by atoms with Crippen molar-refractivity contribution in [3.05, 3.63) is 0 Å². The molecule has 17 heavy (non-hydrogen) atoms. The summed E-state index contributed by atoms with van der Waals surface area (Å²) in [4.78, 5) is 2.76. The van der Waals surface area contributed by atoms with Crippen molar-refractivity contribution < 1.29 is 0 Å². The first kappa shape index (κ1) is 13.9. The van der Waals surface area contributed by atoms with Crippen LogP contribution in [0.5, 0.6) is 0 Å². The molecule has 0 aromatic rings. The molecule has 1 aliphatic carbocycles. The van der Waals surface area contributed by atoms with Crippen LogP contribution >= 0.6 is 15.9 Å². The van der Waals surface area contributed by atoms with Gasteiger partial charge in [0.25, 0.3) is 0 Å². The molecule has 100 valence electrons. The van der Waals surface area contributed by atoms with Gasteiger partial charge < -0.3 is 4.90 Å². The molecule has 0 bridgehead atoms.